The van der Waals surface area contributed by atoms with E-state index in [1.165, 1.54) is 0 Å². The smallest absolute Gasteiger partial charge is 0.106 e. The molecule has 0 aromatic rings. The Labute approximate surface area is 55.4 Å². The van der Waals surface area contributed by atoms with E-state index in [2.05, 4.69) is 13.5 Å². The van der Waals surface area contributed by atoms with Crippen LogP contribution < -0.4 is 5.73 Å². The van der Waals surface area contributed by atoms with Gasteiger partial charge < -0.3 is 10.8 Å². The summed E-state index contributed by atoms with van der Waals surface area (Å²) in [5.74, 6) is 0.245. The third-order valence-corrected chi connectivity index (χ3v) is 2.23. The van der Waals surface area contributed by atoms with Gasteiger partial charge in [-0.3, -0.25) is 0 Å². The average Bonchev–Trinajstić information content (AvgIpc) is 2.44. The zero-order valence-electron chi connectivity index (χ0n) is 5.67. The third-order valence-electron chi connectivity index (χ3n) is 2.23. The Morgan fingerprint density at radius 3 is 2.67 bits per heavy atom. The van der Waals surface area contributed by atoms with Crippen LogP contribution in [0.4, 0.5) is 0 Å². The van der Waals surface area contributed by atoms with E-state index in [0.717, 1.165) is 6.42 Å². The van der Waals surface area contributed by atoms with Crippen molar-refractivity contribution in [3.8, 4) is 0 Å². The van der Waals surface area contributed by atoms with Gasteiger partial charge >= 0.3 is 0 Å². The van der Waals surface area contributed by atoms with Crippen LogP contribution in [0.15, 0.2) is 12.7 Å². The molecular formula is C7H13NO. The first kappa shape index (κ1) is 6.78. The lowest BCUT2D eigenvalue weighted by atomic mass is 10.1. The highest BCUT2D eigenvalue weighted by molar-refractivity contribution is 5.10. The van der Waals surface area contributed by atoms with Gasteiger partial charge in [0.05, 0.1) is 0 Å². The molecule has 1 fully saturated rings. The number of aliphatic hydroxyl groups excluding tert-OH is 1. The van der Waals surface area contributed by atoms with E-state index in [1.807, 2.05) is 6.08 Å². The van der Waals surface area contributed by atoms with Crippen LogP contribution in [0, 0.1) is 11.3 Å². The zero-order chi connectivity index (χ0) is 7.07. The summed E-state index contributed by atoms with van der Waals surface area (Å²) >= 11 is 0. The molecule has 0 bridgehead atoms. The van der Waals surface area contributed by atoms with Crippen molar-refractivity contribution in [2.24, 2.45) is 17.1 Å². The molecule has 0 radical (unpaired) electrons. The lowest BCUT2D eigenvalue weighted by molar-refractivity contribution is 0.147. The monoisotopic (exact) mass is 127 g/mol. The normalized spacial score (nSPS) is 44.1. The van der Waals surface area contributed by atoms with Crippen molar-refractivity contribution in [1.29, 1.82) is 0 Å². The van der Waals surface area contributed by atoms with Gasteiger partial charge in [-0.2, -0.15) is 0 Å². The fraction of sp³-hybridized carbons (Fsp3) is 0.714. The molecule has 0 heterocycles. The maximum atomic E-state index is 8.89. The minimum atomic E-state index is -0.659. The summed E-state index contributed by atoms with van der Waals surface area (Å²) in [5.41, 5.74) is 5.38. The van der Waals surface area contributed by atoms with E-state index in [4.69, 9.17) is 10.8 Å². The van der Waals surface area contributed by atoms with Crippen molar-refractivity contribution < 1.29 is 5.11 Å². The molecule has 2 unspecified atom stereocenters. The molecule has 0 saturated heterocycles. The lowest BCUT2D eigenvalue weighted by Gasteiger charge is -2.05. The van der Waals surface area contributed by atoms with E-state index < -0.39 is 6.23 Å². The summed E-state index contributed by atoms with van der Waals surface area (Å²) in [6.45, 7) is 5.72. The Balaban J connectivity index is 2.47. The Kier molecular flexibility index (Phi) is 1.37. The van der Waals surface area contributed by atoms with Gasteiger partial charge in [-0.05, 0) is 11.8 Å². The van der Waals surface area contributed by atoms with Crippen molar-refractivity contribution >= 4 is 0 Å². The molecule has 3 atom stereocenters. The van der Waals surface area contributed by atoms with Gasteiger partial charge in [0, 0.05) is 5.92 Å². The molecule has 2 heteroatoms. The first-order valence-corrected chi connectivity index (χ1v) is 3.17. The number of allylic oxidation sites excluding steroid dienone is 1. The molecule has 1 saturated carbocycles. The van der Waals surface area contributed by atoms with Crippen molar-refractivity contribution in [2.75, 3.05) is 0 Å². The minimum absolute atomic E-state index is 0.119. The van der Waals surface area contributed by atoms with Crippen LogP contribution in [-0.4, -0.2) is 11.3 Å². The number of rotatable bonds is 2. The van der Waals surface area contributed by atoms with Gasteiger partial charge in [-0.25, -0.2) is 0 Å². The first-order chi connectivity index (χ1) is 4.10. The number of hydrogen-bond donors (Lipinski definition) is 2. The second-order valence-corrected chi connectivity index (χ2v) is 3.01. The molecule has 0 amide bonds. The predicted molar refractivity (Wildman–Crippen MR) is 36.6 cm³/mol. The van der Waals surface area contributed by atoms with Crippen LogP contribution in [0.2, 0.25) is 0 Å². The molecular weight excluding hydrogens is 114 g/mol. The maximum absolute atomic E-state index is 8.89. The molecule has 0 aromatic carbocycles. The first-order valence-electron chi connectivity index (χ1n) is 3.17. The van der Waals surface area contributed by atoms with Crippen molar-refractivity contribution in [3.63, 3.8) is 0 Å². The second kappa shape index (κ2) is 1.82. The lowest BCUT2D eigenvalue weighted by Crippen LogP contribution is -2.23. The molecule has 0 aromatic heterocycles. The van der Waals surface area contributed by atoms with Crippen LogP contribution in [0.3, 0.4) is 0 Å². The number of aliphatic hydroxyl groups is 1. The van der Waals surface area contributed by atoms with Crippen LogP contribution >= 0.6 is 0 Å². The number of hydrogen-bond acceptors (Lipinski definition) is 2. The summed E-state index contributed by atoms with van der Waals surface area (Å²) < 4.78 is 0. The quantitative estimate of drug-likeness (QED) is 0.418. The maximum Gasteiger partial charge on any atom is 0.106 e. The summed E-state index contributed by atoms with van der Waals surface area (Å²) in [5, 5.41) is 8.89. The Morgan fingerprint density at radius 2 is 2.56 bits per heavy atom. The zero-order valence-corrected chi connectivity index (χ0v) is 5.67. The van der Waals surface area contributed by atoms with Crippen LogP contribution in [0.25, 0.3) is 0 Å². The van der Waals surface area contributed by atoms with Crippen molar-refractivity contribution in [1.82, 2.24) is 0 Å². The minimum Gasteiger partial charge on any atom is -0.379 e. The molecule has 9 heavy (non-hydrogen) atoms. The van der Waals surface area contributed by atoms with Gasteiger partial charge in [-0.1, -0.05) is 13.0 Å². The van der Waals surface area contributed by atoms with E-state index in [-0.39, 0.29) is 11.3 Å². The van der Waals surface area contributed by atoms with Crippen LogP contribution in [0.1, 0.15) is 13.3 Å². The standard InChI is InChI=1S/C7H13NO/c1-3-7(2)4-5(7)6(8)9/h3,5-6,9H,1,4,8H2,2H3/t5-,6?,7?/m1/s1. The summed E-state index contributed by atoms with van der Waals surface area (Å²) in [6, 6.07) is 0. The number of nitrogens with two attached hydrogens (primary N) is 1. The van der Waals surface area contributed by atoms with Crippen LogP contribution in [-0.2, 0) is 0 Å². The average molecular weight is 127 g/mol. The molecule has 1 rings (SSSR count). The Hall–Kier alpha value is -0.340. The molecule has 3 N–H and O–H groups in total. The second-order valence-electron chi connectivity index (χ2n) is 3.01. The summed E-state index contributed by atoms with van der Waals surface area (Å²) in [4.78, 5) is 0. The molecule has 52 valence electrons. The SMILES string of the molecule is C=CC1(C)C[C@@H]1C(N)O. The highest BCUT2D eigenvalue weighted by Gasteiger charge is 2.50. The molecule has 0 aliphatic heterocycles. The molecule has 2 nitrogen and oxygen atoms in total. The third kappa shape index (κ3) is 1.00. The van der Waals surface area contributed by atoms with E-state index >= 15 is 0 Å². The highest BCUT2D eigenvalue weighted by Crippen LogP contribution is 2.53. The topological polar surface area (TPSA) is 46.2 Å². The molecule has 1 aliphatic carbocycles. The van der Waals surface area contributed by atoms with Crippen LogP contribution in [0.5, 0.6) is 0 Å². The van der Waals surface area contributed by atoms with Gasteiger partial charge in [0.2, 0.25) is 0 Å². The van der Waals surface area contributed by atoms with Gasteiger partial charge in [0.25, 0.3) is 0 Å². The largest absolute Gasteiger partial charge is 0.379 e. The highest BCUT2D eigenvalue weighted by atomic mass is 16.3. The fourth-order valence-corrected chi connectivity index (χ4v) is 1.16. The summed E-state index contributed by atoms with van der Waals surface area (Å²) in [7, 11) is 0. The van der Waals surface area contributed by atoms with Crippen molar-refractivity contribution in [3.05, 3.63) is 12.7 Å². The van der Waals surface area contributed by atoms with Gasteiger partial charge in [-0.15, -0.1) is 6.58 Å². The van der Waals surface area contributed by atoms with E-state index in [0.29, 0.717) is 0 Å². The molecule has 0 spiro atoms. The molecule has 1 aliphatic rings. The Morgan fingerprint density at radius 1 is 2.00 bits per heavy atom. The van der Waals surface area contributed by atoms with Gasteiger partial charge in [0.1, 0.15) is 6.23 Å². The van der Waals surface area contributed by atoms with E-state index in [9.17, 15) is 0 Å². The Bertz CT molecular complexity index is 133. The van der Waals surface area contributed by atoms with E-state index in [1.54, 1.807) is 0 Å². The predicted octanol–water partition coefficient (Wildman–Crippen LogP) is 0.476. The van der Waals surface area contributed by atoms with Gasteiger partial charge in [0.15, 0.2) is 0 Å². The fourth-order valence-electron chi connectivity index (χ4n) is 1.16. The van der Waals surface area contributed by atoms with Crippen molar-refractivity contribution in [2.45, 2.75) is 19.6 Å². The summed E-state index contributed by atoms with van der Waals surface area (Å²) in [6.07, 6.45) is 2.19.